The third-order valence-electron chi connectivity index (χ3n) is 3.11. The Hall–Kier alpha value is -0.390. The van der Waals surface area contributed by atoms with E-state index in [1.54, 1.807) is 7.05 Å². The molecule has 0 aliphatic carbocycles. The molecule has 0 aromatic heterocycles. The number of alkyl halides is 1. The number of rotatable bonds is 6. The van der Waals surface area contributed by atoms with Crippen LogP contribution in [0, 0.1) is 0 Å². The first kappa shape index (κ1) is 15.7. The monoisotopic (exact) mass is 333 g/mol. The van der Waals surface area contributed by atoms with Crippen molar-refractivity contribution in [1.82, 2.24) is 4.31 Å². The summed E-state index contributed by atoms with van der Waals surface area (Å²) >= 11 is 3.31. The second-order valence-corrected chi connectivity index (χ2v) is 7.33. The minimum atomic E-state index is -3.22. The summed E-state index contributed by atoms with van der Waals surface area (Å²) in [7, 11) is -1.58. The van der Waals surface area contributed by atoms with Crippen LogP contribution in [-0.4, -0.2) is 36.9 Å². The van der Waals surface area contributed by atoms with Crippen molar-refractivity contribution in [3.8, 4) is 0 Å². The van der Waals surface area contributed by atoms with E-state index in [-0.39, 0.29) is 17.7 Å². The van der Waals surface area contributed by atoms with Crippen molar-refractivity contribution in [3.05, 3.63) is 35.9 Å². The van der Waals surface area contributed by atoms with E-state index in [2.05, 4.69) is 15.9 Å². The fourth-order valence-corrected chi connectivity index (χ4v) is 3.99. The lowest BCUT2D eigenvalue weighted by molar-refractivity contribution is 0.414. The highest BCUT2D eigenvalue weighted by atomic mass is 79.9. The Morgan fingerprint density at radius 1 is 1.22 bits per heavy atom. The summed E-state index contributed by atoms with van der Waals surface area (Å²) in [5, 5.41) is 0.641. The summed E-state index contributed by atoms with van der Waals surface area (Å²) in [6.45, 7) is 3.83. The topological polar surface area (TPSA) is 37.4 Å². The molecule has 2 unspecified atom stereocenters. The van der Waals surface area contributed by atoms with Gasteiger partial charge in [-0.2, -0.15) is 0 Å². The van der Waals surface area contributed by atoms with E-state index in [0.717, 1.165) is 5.56 Å². The lowest BCUT2D eigenvalue weighted by Gasteiger charge is -2.24. The highest BCUT2D eigenvalue weighted by molar-refractivity contribution is 9.09. The first-order valence-corrected chi connectivity index (χ1v) is 8.68. The smallest absolute Gasteiger partial charge is 0.212 e. The lowest BCUT2D eigenvalue weighted by Crippen LogP contribution is -2.38. The van der Waals surface area contributed by atoms with Crippen LogP contribution in [0.5, 0.6) is 0 Å². The summed E-state index contributed by atoms with van der Waals surface area (Å²) < 4.78 is 25.9. The second kappa shape index (κ2) is 6.68. The van der Waals surface area contributed by atoms with E-state index in [1.807, 2.05) is 44.2 Å². The molecule has 1 rings (SSSR count). The van der Waals surface area contributed by atoms with Gasteiger partial charge in [-0.05, 0) is 18.4 Å². The molecular weight excluding hydrogens is 314 g/mol. The van der Waals surface area contributed by atoms with Crippen molar-refractivity contribution in [2.75, 3.05) is 18.1 Å². The zero-order valence-corrected chi connectivity index (χ0v) is 13.4. The molecule has 3 nitrogen and oxygen atoms in total. The molecule has 0 heterocycles. The molecule has 0 bridgehead atoms. The number of halogens is 1. The molecule has 102 valence electrons. The van der Waals surface area contributed by atoms with Gasteiger partial charge in [0.25, 0.3) is 0 Å². The van der Waals surface area contributed by atoms with Gasteiger partial charge in [0.05, 0.1) is 5.75 Å². The van der Waals surface area contributed by atoms with E-state index in [1.165, 1.54) is 4.31 Å². The minimum Gasteiger partial charge on any atom is -0.212 e. The molecular formula is C13H20BrNO2S. The maximum Gasteiger partial charge on any atom is 0.214 e. The van der Waals surface area contributed by atoms with E-state index in [0.29, 0.717) is 5.33 Å². The highest BCUT2D eigenvalue weighted by Gasteiger charge is 2.25. The zero-order valence-electron chi connectivity index (χ0n) is 11.0. The zero-order chi connectivity index (χ0) is 13.8. The van der Waals surface area contributed by atoms with Crippen LogP contribution in [0.1, 0.15) is 25.3 Å². The Labute approximate surface area is 118 Å². The number of sulfonamides is 1. The summed E-state index contributed by atoms with van der Waals surface area (Å²) in [5.41, 5.74) is 1.06. The molecule has 2 atom stereocenters. The molecule has 0 N–H and O–H groups in total. The number of benzene rings is 1. The SMILES string of the molecule is CC(CS(=O)(=O)N(C)C(C)CBr)c1ccccc1. The average molecular weight is 334 g/mol. The number of nitrogens with zero attached hydrogens (tertiary/aromatic N) is 1. The summed E-state index contributed by atoms with van der Waals surface area (Å²) in [6, 6.07) is 9.70. The van der Waals surface area contributed by atoms with Gasteiger partial charge in [0.15, 0.2) is 0 Å². The third-order valence-corrected chi connectivity index (χ3v) is 6.21. The Kier molecular flexibility index (Phi) is 5.82. The van der Waals surface area contributed by atoms with Gasteiger partial charge in [-0.15, -0.1) is 0 Å². The van der Waals surface area contributed by atoms with E-state index in [9.17, 15) is 8.42 Å². The maximum absolute atomic E-state index is 12.2. The Morgan fingerprint density at radius 3 is 2.28 bits per heavy atom. The van der Waals surface area contributed by atoms with Crippen LogP contribution >= 0.6 is 15.9 Å². The quantitative estimate of drug-likeness (QED) is 0.750. The van der Waals surface area contributed by atoms with Gasteiger partial charge >= 0.3 is 0 Å². The summed E-state index contributed by atoms with van der Waals surface area (Å²) in [4.78, 5) is 0. The van der Waals surface area contributed by atoms with Crippen molar-refractivity contribution in [1.29, 1.82) is 0 Å². The van der Waals surface area contributed by atoms with Crippen molar-refractivity contribution in [2.45, 2.75) is 25.8 Å². The van der Waals surface area contributed by atoms with Crippen LogP contribution in [0.2, 0.25) is 0 Å². The molecule has 18 heavy (non-hydrogen) atoms. The van der Waals surface area contributed by atoms with Crippen LogP contribution in [0.25, 0.3) is 0 Å². The predicted octanol–water partition coefficient (Wildman–Crippen LogP) is 2.84. The van der Waals surface area contributed by atoms with Crippen LogP contribution in [0.15, 0.2) is 30.3 Å². The largest absolute Gasteiger partial charge is 0.214 e. The van der Waals surface area contributed by atoms with E-state index in [4.69, 9.17) is 0 Å². The molecule has 0 radical (unpaired) electrons. The molecule has 0 saturated carbocycles. The van der Waals surface area contributed by atoms with E-state index >= 15 is 0 Å². The fraction of sp³-hybridized carbons (Fsp3) is 0.538. The van der Waals surface area contributed by atoms with Gasteiger partial charge in [0.2, 0.25) is 10.0 Å². The van der Waals surface area contributed by atoms with Gasteiger partial charge in [0.1, 0.15) is 0 Å². The van der Waals surface area contributed by atoms with Gasteiger partial charge in [-0.25, -0.2) is 12.7 Å². The second-order valence-electron chi connectivity index (χ2n) is 4.61. The standard InChI is InChI=1S/C13H20BrNO2S/c1-11(13-7-5-4-6-8-13)10-18(16,17)15(3)12(2)9-14/h4-8,11-12H,9-10H2,1-3H3. The molecule has 0 fully saturated rings. The average Bonchev–Trinajstić information content (AvgIpc) is 2.37. The highest BCUT2D eigenvalue weighted by Crippen LogP contribution is 2.19. The maximum atomic E-state index is 12.2. The van der Waals surface area contributed by atoms with Gasteiger partial charge < -0.3 is 0 Å². The van der Waals surface area contributed by atoms with Gasteiger partial charge in [0, 0.05) is 18.4 Å². The molecule has 0 aliphatic rings. The molecule has 5 heteroatoms. The van der Waals surface area contributed by atoms with Crippen molar-refractivity contribution < 1.29 is 8.42 Å². The van der Waals surface area contributed by atoms with Crippen LogP contribution in [0.4, 0.5) is 0 Å². The van der Waals surface area contributed by atoms with Crippen molar-refractivity contribution in [3.63, 3.8) is 0 Å². The molecule has 1 aromatic rings. The summed E-state index contributed by atoms with van der Waals surface area (Å²) in [6.07, 6.45) is 0. The Bertz CT molecular complexity index is 461. The molecule has 1 aromatic carbocycles. The third kappa shape index (κ3) is 4.07. The van der Waals surface area contributed by atoms with E-state index < -0.39 is 10.0 Å². The Balaban J connectivity index is 2.78. The molecule has 0 spiro atoms. The number of hydrogen-bond acceptors (Lipinski definition) is 2. The molecule has 0 saturated heterocycles. The first-order chi connectivity index (χ1) is 8.38. The van der Waals surface area contributed by atoms with Crippen LogP contribution in [0.3, 0.4) is 0 Å². The van der Waals surface area contributed by atoms with Gasteiger partial charge in [-0.3, -0.25) is 0 Å². The molecule has 0 aliphatic heterocycles. The number of hydrogen-bond donors (Lipinski definition) is 0. The summed E-state index contributed by atoms with van der Waals surface area (Å²) in [5.74, 6) is 0.145. The molecule has 0 amide bonds. The van der Waals surface area contributed by atoms with Crippen molar-refractivity contribution in [2.24, 2.45) is 0 Å². The fourth-order valence-electron chi connectivity index (χ4n) is 1.68. The first-order valence-electron chi connectivity index (χ1n) is 5.95. The minimum absolute atomic E-state index is 0.00109. The van der Waals surface area contributed by atoms with Gasteiger partial charge in [-0.1, -0.05) is 53.2 Å². The van der Waals surface area contributed by atoms with Crippen LogP contribution < -0.4 is 0 Å². The lowest BCUT2D eigenvalue weighted by atomic mass is 10.0. The predicted molar refractivity (Wildman–Crippen MR) is 79.7 cm³/mol. The normalized spacial score (nSPS) is 15.6. The van der Waals surface area contributed by atoms with Crippen molar-refractivity contribution >= 4 is 26.0 Å². The Morgan fingerprint density at radius 2 is 1.78 bits per heavy atom. The van der Waals surface area contributed by atoms with Crippen LogP contribution in [-0.2, 0) is 10.0 Å².